The summed E-state index contributed by atoms with van der Waals surface area (Å²) < 4.78 is 10.6. The number of ether oxygens (including phenoxy) is 2. The van der Waals surface area contributed by atoms with Crippen molar-refractivity contribution in [2.45, 2.75) is 31.8 Å². The lowest BCUT2D eigenvalue weighted by molar-refractivity contribution is -0.158. The number of ketones is 1. The fourth-order valence-electron chi connectivity index (χ4n) is 2.54. The van der Waals surface area contributed by atoms with Crippen LogP contribution in [0.3, 0.4) is 0 Å². The van der Waals surface area contributed by atoms with E-state index in [4.69, 9.17) is 9.47 Å². The van der Waals surface area contributed by atoms with Gasteiger partial charge in [-0.05, 0) is 62.8 Å². The Labute approximate surface area is 165 Å². The van der Waals surface area contributed by atoms with E-state index in [2.05, 4.69) is 0 Å². The molecule has 0 aromatic heterocycles. The first-order chi connectivity index (χ1) is 13.2. The summed E-state index contributed by atoms with van der Waals surface area (Å²) in [5.41, 5.74) is -1.65. The molecule has 0 saturated heterocycles. The standard InChI is InChI=1S/C23H23NO4/c1-22(2,3)28-21(26)23(16-24,18-8-6-5-7-9-18)15-14-20(25)17-10-12-19(27-4)13-11-17/h5-15H,1-4H3/b15-14-/t23-/m0/s1. The van der Waals surface area contributed by atoms with Gasteiger partial charge in [-0.25, -0.2) is 4.79 Å². The lowest BCUT2D eigenvalue weighted by Crippen LogP contribution is -2.39. The van der Waals surface area contributed by atoms with Crippen molar-refractivity contribution in [1.82, 2.24) is 0 Å². The van der Waals surface area contributed by atoms with Gasteiger partial charge in [0.05, 0.1) is 13.2 Å². The average Bonchev–Trinajstić information content (AvgIpc) is 2.68. The van der Waals surface area contributed by atoms with Crippen LogP contribution in [-0.4, -0.2) is 24.5 Å². The lowest BCUT2D eigenvalue weighted by Gasteiger charge is -2.27. The summed E-state index contributed by atoms with van der Waals surface area (Å²) in [6.07, 6.45) is 2.55. The van der Waals surface area contributed by atoms with Crippen LogP contribution in [0.2, 0.25) is 0 Å². The molecule has 2 aromatic carbocycles. The Kier molecular flexibility index (Phi) is 6.37. The number of carbonyl (C=O) groups is 2. The van der Waals surface area contributed by atoms with Gasteiger partial charge in [-0.15, -0.1) is 0 Å². The maximum atomic E-state index is 12.9. The van der Waals surface area contributed by atoms with Crippen LogP contribution >= 0.6 is 0 Å². The second-order valence-electron chi connectivity index (χ2n) is 7.21. The van der Waals surface area contributed by atoms with Crippen LogP contribution in [0.25, 0.3) is 0 Å². The second-order valence-corrected chi connectivity index (χ2v) is 7.21. The molecule has 2 rings (SSSR count). The first kappa shape index (κ1) is 20.9. The first-order valence-electron chi connectivity index (χ1n) is 8.80. The summed E-state index contributed by atoms with van der Waals surface area (Å²) >= 11 is 0. The summed E-state index contributed by atoms with van der Waals surface area (Å²) in [6.45, 7) is 5.18. The molecule has 5 heteroatoms. The Morgan fingerprint density at radius 1 is 1.00 bits per heavy atom. The van der Waals surface area contributed by atoms with Gasteiger partial charge in [0.2, 0.25) is 0 Å². The molecule has 0 bridgehead atoms. The highest BCUT2D eigenvalue weighted by atomic mass is 16.6. The van der Waals surface area contributed by atoms with Crippen molar-refractivity contribution in [3.63, 3.8) is 0 Å². The molecule has 0 N–H and O–H groups in total. The largest absolute Gasteiger partial charge is 0.497 e. The molecule has 5 nitrogen and oxygen atoms in total. The Morgan fingerprint density at radius 3 is 2.11 bits per heavy atom. The van der Waals surface area contributed by atoms with Gasteiger partial charge in [-0.3, -0.25) is 4.79 Å². The topological polar surface area (TPSA) is 76.4 Å². The Balaban J connectivity index is 2.43. The molecule has 0 spiro atoms. The number of rotatable bonds is 6. The molecule has 28 heavy (non-hydrogen) atoms. The molecule has 0 aliphatic heterocycles. The molecule has 1 atom stereocenters. The van der Waals surface area contributed by atoms with Crippen molar-refractivity contribution in [3.8, 4) is 11.8 Å². The van der Waals surface area contributed by atoms with Crippen LogP contribution in [0.5, 0.6) is 5.75 Å². The number of nitrogens with zero attached hydrogens (tertiary/aromatic N) is 1. The quantitative estimate of drug-likeness (QED) is 0.428. The third-order valence-corrected chi connectivity index (χ3v) is 3.99. The van der Waals surface area contributed by atoms with Crippen LogP contribution in [0.4, 0.5) is 0 Å². The molecule has 2 aromatic rings. The molecule has 0 aliphatic rings. The van der Waals surface area contributed by atoms with Crippen molar-refractivity contribution in [2.75, 3.05) is 7.11 Å². The predicted octanol–water partition coefficient (Wildman–Crippen LogP) is 4.24. The zero-order chi connectivity index (χ0) is 20.8. The number of allylic oxidation sites excluding steroid dienone is 1. The highest BCUT2D eigenvalue weighted by molar-refractivity contribution is 6.05. The fourth-order valence-corrected chi connectivity index (χ4v) is 2.54. The van der Waals surface area contributed by atoms with Gasteiger partial charge < -0.3 is 9.47 Å². The number of esters is 1. The molecule has 0 saturated carbocycles. The number of carbonyl (C=O) groups excluding carboxylic acids is 2. The normalized spacial score (nSPS) is 13.4. The molecular weight excluding hydrogens is 354 g/mol. The molecule has 0 amide bonds. The van der Waals surface area contributed by atoms with E-state index >= 15 is 0 Å². The van der Waals surface area contributed by atoms with E-state index in [1.54, 1.807) is 82.5 Å². The van der Waals surface area contributed by atoms with Gasteiger partial charge in [-0.1, -0.05) is 30.3 Å². The van der Waals surface area contributed by atoms with Crippen LogP contribution in [0, 0.1) is 11.3 Å². The summed E-state index contributed by atoms with van der Waals surface area (Å²) in [4.78, 5) is 25.5. The van der Waals surface area contributed by atoms with Gasteiger partial charge in [0.15, 0.2) is 11.2 Å². The van der Waals surface area contributed by atoms with E-state index in [9.17, 15) is 14.9 Å². The zero-order valence-electron chi connectivity index (χ0n) is 16.4. The number of hydrogen-bond donors (Lipinski definition) is 0. The number of methoxy groups -OCH3 is 1. The Bertz CT molecular complexity index is 902. The third kappa shape index (κ3) is 4.86. The summed E-state index contributed by atoms with van der Waals surface area (Å²) in [7, 11) is 1.54. The molecule has 0 unspecified atom stereocenters. The molecule has 0 radical (unpaired) electrons. The van der Waals surface area contributed by atoms with Crippen molar-refractivity contribution >= 4 is 11.8 Å². The van der Waals surface area contributed by atoms with Crippen LogP contribution in [-0.2, 0) is 14.9 Å². The van der Waals surface area contributed by atoms with E-state index < -0.39 is 17.0 Å². The average molecular weight is 377 g/mol. The van der Waals surface area contributed by atoms with Crippen molar-refractivity contribution < 1.29 is 19.1 Å². The van der Waals surface area contributed by atoms with E-state index in [0.717, 1.165) is 0 Å². The molecular formula is C23H23NO4. The van der Waals surface area contributed by atoms with Gasteiger partial charge in [0.1, 0.15) is 11.4 Å². The summed E-state index contributed by atoms with van der Waals surface area (Å²) in [5, 5.41) is 9.92. The summed E-state index contributed by atoms with van der Waals surface area (Å²) in [5.74, 6) is -0.431. The minimum absolute atomic E-state index is 0.332. The predicted molar refractivity (Wildman–Crippen MR) is 106 cm³/mol. The number of hydrogen-bond acceptors (Lipinski definition) is 5. The van der Waals surface area contributed by atoms with Crippen LogP contribution < -0.4 is 4.74 Å². The Hall–Kier alpha value is -3.39. The monoisotopic (exact) mass is 377 g/mol. The fraction of sp³-hybridized carbons (Fsp3) is 0.261. The van der Waals surface area contributed by atoms with Gasteiger partial charge in [0, 0.05) is 5.56 Å². The number of benzene rings is 2. The van der Waals surface area contributed by atoms with E-state index in [0.29, 0.717) is 16.9 Å². The van der Waals surface area contributed by atoms with Crippen LogP contribution in [0.15, 0.2) is 66.7 Å². The van der Waals surface area contributed by atoms with E-state index in [1.165, 1.54) is 12.2 Å². The van der Waals surface area contributed by atoms with E-state index in [-0.39, 0.29) is 5.78 Å². The van der Waals surface area contributed by atoms with Crippen molar-refractivity contribution in [3.05, 3.63) is 77.9 Å². The SMILES string of the molecule is COc1ccc(C(=O)/C=C\[C@@](C#N)(C(=O)OC(C)(C)C)c2ccccc2)cc1. The first-order valence-corrected chi connectivity index (χ1v) is 8.80. The molecule has 0 heterocycles. The minimum atomic E-state index is -1.73. The summed E-state index contributed by atoms with van der Waals surface area (Å²) in [6, 6.07) is 17.2. The maximum absolute atomic E-state index is 12.9. The minimum Gasteiger partial charge on any atom is -0.497 e. The highest BCUT2D eigenvalue weighted by Crippen LogP contribution is 2.29. The molecule has 0 fully saturated rings. The zero-order valence-corrected chi connectivity index (χ0v) is 16.4. The van der Waals surface area contributed by atoms with Crippen LogP contribution in [0.1, 0.15) is 36.7 Å². The maximum Gasteiger partial charge on any atom is 0.335 e. The second kappa shape index (κ2) is 8.53. The smallest absolute Gasteiger partial charge is 0.335 e. The third-order valence-electron chi connectivity index (χ3n) is 3.99. The Morgan fingerprint density at radius 2 is 1.61 bits per heavy atom. The van der Waals surface area contributed by atoms with Gasteiger partial charge in [-0.2, -0.15) is 5.26 Å². The van der Waals surface area contributed by atoms with Crippen molar-refractivity contribution in [1.29, 1.82) is 5.26 Å². The van der Waals surface area contributed by atoms with Crippen molar-refractivity contribution in [2.24, 2.45) is 0 Å². The van der Waals surface area contributed by atoms with Gasteiger partial charge in [0.25, 0.3) is 0 Å². The van der Waals surface area contributed by atoms with E-state index in [1.807, 2.05) is 6.07 Å². The lowest BCUT2D eigenvalue weighted by atomic mass is 9.81. The van der Waals surface area contributed by atoms with Gasteiger partial charge >= 0.3 is 5.97 Å². The molecule has 0 aliphatic carbocycles. The molecule has 144 valence electrons. The number of nitriles is 1. The highest BCUT2D eigenvalue weighted by Gasteiger charge is 2.42.